The molecular formula is C16H19N3O2. The molecule has 0 unspecified atom stereocenters. The molecule has 0 fully saturated rings. The molecule has 110 valence electrons. The number of carbonyl (C=O) groups is 1. The van der Waals surface area contributed by atoms with Gasteiger partial charge in [-0.15, -0.1) is 0 Å². The molecule has 0 aliphatic rings. The SMILES string of the molecule is CC(C)(C)OC(=O)NCCC#Cc1ccc(N)c(C#N)c1. The second kappa shape index (κ2) is 7.21. The van der Waals surface area contributed by atoms with Crippen LogP contribution < -0.4 is 11.1 Å². The maximum atomic E-state index is 11.4. The van der Waals surface area contributed by atoms with Crippen LogP contribution in [0.4, 0.5) is 10.5 Å². The Kier molecular flexibility index (Phi) is 5.63. The molecule has 0 radical (unpaired) electrons. The molecule has 0 aromatic heterocycles. The summed E-state index contributed by atoms with van der Waals surface area (Å²) in [5, 5.41) is 11.5. The van der Waals surface area contributed by atoms with Crippen molar-refractivity contribution in [3.8, 4) is 17.9 Å². The van der Waals surface area contributed by atoms with Crippen LogP contribution >= 0.6 is 0 Å². The normalized spacial score (nSPS) is 10.0. The van der Waals surface area contributed by atoms with Crippen molar-refractivity contribution in [2.75, 3.05) is 12.3 Å². The van der Waals surface area contributed by atoms with Crippen molar-refractivity contribution < 1.29 is 9.53 Å². The van der Waals surface area contributed by atoms with Crippen LogP contribution in [-0.4, -0.2) is 18.2 Å². The number of anilines is 1. The summed E-state index contributed by atoms with van der Waals surface area (Å²) in [5.41, 5.74) is 6.69. The molecule has 0 spiro atoms. The lowest BCUT2D eigenvalue weighted by molar-refractivity contribution is 0.0529. The predicted octanol–water partition coefficient (Wildman–Crippen LogP) is 2.41. The second-order valence-electron chi connectivity index (χ2n) is 5.39. The molecule has 0 aliphatic carbocycles. The van der Waals surface area contributed by atoms with Crippen LogP contribution in [-0.2, 0) is 4.74 Å². The molecule has 5 nitrogen and oxygen atoms in total. The van der Waals surface area contributed by atoms with Crippen molar-refractivity contribution in [3.63, 3.8) is 0 Å². The van der Waals surface area contributed by atoms with Gasteiger partial charge in [0.15, 0.2) is 0 Å². The van der Waals surface area contributed by atoms with Crippen molar-refractivity contribution in [2.45, 2.75) is 32.8 Å². The van der Waals surface area contributed by atoms with Gasteiger partial charge in [0.1, 0.15) is 11.7 Å². The minimum absolute atomic E-state index is 0.405. The Balaban J connectivity index is 2.44. The number of hydrogen-bond acceptors (Lipinski definition) is 4. The average molecular weight is 285 g/mol. The lowest BCUT2D eigenvalue weighted by Crippen LogP contribution is -2.32. The van der Waals surface area contributed by atoms with Gasteiger partial charge >= 0.3 is 6.09 Å². The lowest BCUT2D eigenvalue weighted by Gasteiger charge is -2.19. The summed E-state index contributed by atoms with van der Waals surface area (Å²) in [6.07, 6.45) is 0.0365. The minimum atomic E-state index is -0.507. The number of amides is 1. The molecular weight excluding hydrogens is 266 g/mol. The third-order valence-corrected chi connectivity index (χ3v) is 2.32. The fourth-order valence-electron chi connectivity index (χ4n) is 1.44. The van der Waals surface area contributed by atoms with E-state index in [9.17, 15) is 4.79 Å². The third-order valence-electron chi connectivity index (χ3n) is 2.32. The zero-order valence-corrected chi connectivity index (χ0v) is 12.5. The molecule has 1 amide bonds. The van der Waals surface area contributed by atoms with Crippen LogP contribution in [0, 0.1) is 23.2 Å². The van der Waals surface area contributed by atoms with Crippen LogP contribution in [0.1, 0.15) is 38.3 Å². The van der Waals surface area contributed by atoms with E-state index in [0.717, 1.165) is 5.56 Å². The van der Waals surface area contributed by atoms with Crippen LogP contribution in [0.5, 0.6) is 0 Å². The Bertz CT molecular complexity index is 613. The summed E-state index contributed by atoms with van der Waals surface area (Å²) >= 11 is 0. The first kappa shape index (κ1) is 16.4. The van der Waals surface area contributed by atoms with Crippen LogP contribution in [0.25, 0.3) is 0 Å². The van der Waals surface area contributed by atoms with E-state index < -0.39 is 11.7 Å². The van der Waals surface area contributed by atoms with Gasteiger partial charge in [0, 0.05) is 24.2 Å². The fourth-order valence-corrected chi connectivity index (χ4v) is 1.44. The number of nitrogens with zero attached hydrogens (tertiary/aromatic N) is 1. The first-order chi connectivity index (χ1) is 9.81. The van der Waals surface area contributed by atoms with E-state index in [4.69, 9.17) is 15.7 Å². The largest absolute Gasteiger partial charge is 0.444 e. The molecule has 0 atom stereocenters. The van der Waals surface area contributed by atoms with Crippen molar-refractivity contribution in [1.82, 2.24) is 5.32 Å². The number of nitrogens with two attached hydrogens (primary N) is 1. The van der Waals surface area contributed by atoms with Crippen molar-refractivity contribution in [1.29, 1.82) is 5.26 Å². The zero-order chi connectivity index (χ0) is 15.9. The van der Waals surface area contributed by atoms with E-state index in [1.54, 1.807) is 39.0 Å². The highest BCUT2D eigenvalue weighted by Gasteiger charge is 2.15. The highest BCUT2D eigenvalue weighted by Crippen LogP contribution is 2.12. The summed E-state index contributed by atoms with van der Waals surface area (Å²) in [7, 11) is 0. The highest BCUT2D eigenvalue weighted by molar-refractivity contribution is 5.67. The van der Waals surface area contributed by atoms with Gasteiger partial charge < -0.3 is 15.8 Å². The molecule has 0 aliphatic heterocycles. The maximum absolute atomic E-state index is 11.4. The number of carbonyl (C=O) groups excluding carboxylic acids is 1. The molecule has 1 aromatic carbocycles. The van der Waals surface area contributed by atoms with E-state index in [-0.39, 0.29) is 0 Å². The standard InChI is InChI=1S/C16H19N3O2/c1-16(2,3)21-15(20)19-9-5-4-6-12-7-8-14(18)13(10-12)11-17/h7-8,10H,5,9,18H2,1-3H3,(H,19,20). The number of benzene rings is 1. The second-order valence-corrected chi connectivity index (χ2v) is 5.39. The first-order valence-corrected chi connectivity index (χ1v) is 6.57. The van der Waals surface area contributed by atoms with Crippen LogP contribution in [0.3, 0.4) is 0 Å². The monoisotopic (exact) mass is 285 g/mol. The Morgan fingerprint density at radius 1 is 1.43 bits per heavy atom. The predicted molar refractivity (Wildman–Crippen MR) is 81.3 cm³/mol. The molecule has 0 saturated heterocycles. The summed E-state index contributed by atoms with van der Waals surface area (Å²) < 4.78 is 5.10. The van der Waals surface area contributed by atoms with E-state index in [1.165, 1.54) is 0 Å². The van der Waals surface area contributed by atoms with Gasteiger partial charge in [-0.05, 0) is 39.0 Å². The molecule has 5 heteroatoms. The zero-order valence-electron chi connectivity index (χ0n) is 12.5. The highest BCUT2D eigenvalue weighted by atomic mass is 16.6. The minimum Gasteiger partial charge on any atom is -0.444 e. The molecule has 1 aromatic rings. The summed E-state index contributed by atoms with van der Waals surface area (Å²) in [5.74, 6) is 5.84. The number of rotatable bonds is 2. The number of hydrogen-bond donors (Lipinski definition) is 2. The topological polar surface area (TPSA) is 88.1 Å². The molecule has 0 bridgehead atoms. The molecule has 21 heavy (non-hydrogen) atoms. The van der Waals surface area contributed by atoms with Gasteiger partial charge in [-0.2, -0.15) is 5.26 Å². The van der Waals surface area contributed by atoms with Crippen molar-refractivity contribution >= 4 is 11.8 Å². The van der Waals surface area contributed by atoms with Gasteiger partial charge in [-0.1, -0.05) is 11.8 Å². The maximum Gasteiger partial charge on any atom is 0.407 e. The fraction of sp³-hybridized carbons (Fsp3) is 0.375. The van der Waals surface area contributed by atoms with Gasteiger partial charge in [-0.25, -0.2) is 4.79 Å². The summed E-state index contributed by atoms with van der Waals surface area (Å²) in [6.45, 7) is 5.82. The lowest BCUT2D eigenvalue weighted by atomic mass is 10.1. The number of ether oxygens (including phenoxy) is 1. The smallest absolute Gasteiger partial charge is 0.407 e. The number of nitriles is 1. The van der Waals surface area contributed by atoms with Gasteiger partial charge in [0.05, 0.1) is 5.56 Å². The Labute approximate surface area is 125 Å². The van der Waals surface area contributed by atoms with Crippen LogP contribution in [0.2, 0.25) is 0 Å². The first-order valence-electron chi connectivity index (χ1n) is 6.57. The van der Waals surface area contributed by atoms with E-state index in [2.05, 4.69) is 17.2 Å². The third kappa shape index (κ3) is 6.35. The molecule has 1 rings (SSSR count). The number of nitrogen functional groups attached to an aromatic ring is 1. The quantitative estimate of drug-likeness (QED) is 0.496. The van der Waals surface area contributed by atoms with Crippen molar-refractivity contribution in [3.05, 3.63) is 29.3 Å². The summed E-state index contributed by atoms with van der Waals surface area (Å²) in [6, 6.07) is 7.06. The van der Waals surface area contributed by atoms with E-state index in [0.29, 0.717) is 24.2 Å². The Hall–Kier alpha value is -2.66. The van der Waals surface area contributed by atoms with Gasteiger partial charge in [-0.3, -0.25) is 0 Å². The molecule has 0 heterocycles. The average Bonchev–Trinajstić information content (AvgIpc) is 2.38. The molecule has 3 N–H and O–H groups in total. The Morgan fingerprint density at radius 3 is 2.76 bits per heavy atom. The van der Waals surface area contributed by atoms with Gasteiger partial charge in [0.25, 0.3) is 0 Å². The molecule has 0 saturated carbocycles. The Morgan fingerprint density at radius 2 is 2.14 bits per heavy atom. The van der Waals surface area contributed by atoms with E-state index in [1.807, 2.05) is 6.07 Å². The van der Waals surface area contributed by atoms with E-state index >= 15 is 0 Å². The van der Waals surface area contributed by atoms with Gasteiger partial charge in [0.2, 0.25) is 0 Å². The summed E-state index contributed by atoms with van der Waals surface area (Å²) in [4.78, 5) is 11.4. The number of alkyl carbamates (subject to hydrolysis) is 1. The van der Waals surface area contributed by atoms with Crippen molar-refractivity contribution in [2.24, 2.45) is 0 Å². The van der Waals surface area contributed by atoms with Crippen LogP contribution in [0.15, 0.2) is 18.2 Å². The number of nitrogens with one attached hydrogen (secondary N) is 1.